The van der Waals surface area contributed by atoms with Gasteiger partial charge in [0.2, 0.25) is 0 Å². The summed E-state index contributed by atoms with van der Waals surface area (Å²) >= 11 is 0. The average Bonchev–Trinajstić information content (AvgIpc) is 2.36. The third kappa shape index (κ3) is 2.19. The SMILES string of the molecule is COc1cc2c(cc1OC)[C@@](C)(C(C)(C)O)[NH2+]CC2. The van der Waals surface area contributed by atoms with Crippen LogP contribution in [-0.2, 0) is 12.0 Å². The fourth-order valence-electron chi connectivity index (χ4n) is 2.82. The van der Waals surface area contributed by atoms with Gasteiger partial charge in [-0.1, -0.05) is 0 Å². The predicted molar refractivity (Wildman–Crippen MR) is 73.7 cm³/mol. The summed E-state index contributed by atoms with van der Waals surface area (Å²) < 4.78 is 10.7. The largest absolute Gasteiger partial charge is 0.493 e. The van der Waals surface area contributed by atoms with Gasteiger partial charge in [-0.3, -0.25) is 0 Å². The third-order valence-corrected chi connectivity index (χ3v) is 4.41. The minimum atomic E-state index is -0.818. The van der Waals surface area contributed by atoms with Crippen LogP contribution in [0.2, 0.25) is 0 Å². The second kappa shape index (κ2) is 4.69. The van der Waals surface area contributed by atoms with Crippen molar-refractivity contribution < 1.29 is 19.9 Å². The molecule has 3 N–H and O–H groups in total. The lowest BCUT2D eigenvalue weighted by Gasteiger charge is -2.42. The van der Waals surface area contributed by atoms with Crippen molar-refractivity contribution in [3.8, 4) is 11.5 Å². The second-order valence-corrected chi connectivity index (χ2v) is 5.87. The van der Waals surface area contributed by atoms with Crippen LogP contribution in [0.1, 0.15) is 31.9 Å². The smallest absolute Gasteiger partial charge is 0.161 e. The summed E-state index contributed by atoms with van der Waals surface area (Å²) in [7, 11) is 3.28. The van der Waals surface area contributed by atoms with Gasteiger partial charge in [-0.25, -0.2) is 0 Å². The Morgan fingerprint density at radius 1 is 1.21 bits per heavy atom. The van der Waals surface area contributed by atoms with Crippen LogP contribution in [0.5, 0.6) is 11.5 Å². The fraction of sp³-hybridized carbons (Fsp3) is 0.600. The van der Waals surface area contributed by atoms with Crippen LogP contribution in [-0.4, -0.2) is 31.5 Å². The van der Waals surface area contributed by atoms with Crippen LogP contribution >= 0.6 is 0 Å². The van der Waals surface area contributed by atoms with Crippen LogP contribution in [0.3, 0.4) is 0 Å². The van der Waals surface area contributed by atoms with Crippen LogP contribution < -0.4 is 14.8 Å². The predicted octanol–water partition coefficient (Wildman–Crippen LogP) is 0.809. The Kier molecular flexibility index (Phi) is 3.49. The maximum atomic E-state index is 10.5. The number of benzene rings is 1. The average molecular weight is 266 g/mol. The molecular formula is C15H24NO3+. The molecule has 0 fully saturated rings. The van der Waals surface area contributed by atoms with Gasteiger partial charge in [0.05, 0.1) is 20.8 Å². The van der Waals surface area contributed by atoms with E-state index in [1.807, 2.05) is 26.0 Å². The first-order valence-corrected chi connectivity index (χ1v) is 6.65. The van der Waals surface area contributed by atoms with Crippen LogP contribution in [0, 0.1) is 0 Å². The number of quaternary nitrogens is 1. The van der Waals surface area contributed by atoms with Gasteiger partial charge in [-0.2, -0.15) is 0 Å². The normalized spacial score (nSPS) is 22.8. The lowest BCUT2D eigenvalue weighted by molar-refractivity contribution is -0.751. The molecule has 0 saturated carbocycles. The third-order valence-electron chi connectivity index (χ3n) is 4.41. The lowest BCUT2D eigenvalue weighted by atomic mass is 9.73. The molecule has 1 aliphatic rings. The highest BCUT2D eigenvalue weighted by molar-refractivity contribution is 5.50. The summed E-state index contributed by atoms with van der Waals surface area (Å²) in [6.07, 6.45) is 0.974. The Morgan fingerprint density at radius 2 is 1.79 bits per heavy atom. The molecule has 1 aliphatic heterocycles. The van der Waals surface area contributed by atoms with E-state index in [4.69, 9.17) is 9.47 Å². The summed E-state index contributed by atoms with van der Waals surface area (Å²) in [6.45, 7) is 6.75. The second-order valence-electron chi connectivity index (χ2n) is 5.87. The molecular weight excluding hydrogens is 242 g/mol. The molecule has 0 aromatic heterocycles. The number of rotatable bonds is 3. The van der Waals surface area contributed by atoms with Gasteiger partial charge in [0.1, 0.15) is 11.1 Å². The zero-order valence-electron chi connectivity index (χ0n) is 12.4. The maximum Gasteiger partial charge on any atom is 0.161 e. The van der Waals surface area contributed by atoms with Crippen LogP contribution in [0.4, 0.5) is 0 Å². The summed E-state index contributed by atoms with van der Waals surface area (Å²) in [4.78, 5) is 0. The summed E-state index contributed by atoms with van der Waals surface area (Å²) in [5.74, 6) is 1.47. The van der Waals surface area contributed by atoms with E-state index in [0.29, 0.717) is 5.75 Å². The molecule has 0 unspecified atom stereocenters. The number of hydrogen-bond donors (Lipinski definition) is 2. The summed E-state index contributed by atoms with van der Waals surface area (Å²) in [5, 5.41) is 12.7. The highest BCUT2D eigenvalue weighted by Gasteiger charge is 2.48. The summed E-state index contributed by atoms with van der Waals surface area (Å²) in [5.41, 5.74) is 1.16. The number of nitrogens with two attached hydrogens (primary N) is 1. The first-order valence-electron chi connectivity index (χ1n) is 6.65. The lowest BCUT2D eigenvalue weighted by Crippen LogP contribution is -3.00. The molecule has 19 heavy (non-hydrogen) atoms. The first-order chi connectivity index (χ1) is 8.83. The van der Waals surface area contributed by atoms with Crippen LogP contribution in [0.15, 0.2) is 12.1 Å². The maximum absolute atomic E-state index is 10.5. The highest BCUT2D eigenvalue weighted by atomic mass is 16.5. The number of ether oxygens (including phenoxy) is 2. The van der Waals surface area contributed by atoms with Gasteiger partial charge in [0.25, 0.3) is 0 Å². The van der Waals surface area contributed by atoms with E-state index in [1.165, 1.54) is 5.56 Å². The molecule has 0 spiro atoms. The molecule has 0 aliphatic carbocycles. The zero-order chi connectivity index (χ0) is 14.3. The Morgan fingerprint density at radius 3 is 2.32 bits per heavy atom. The Bertz CT molecular complexity index is 479. The molecule has 0 saturated heterocycles. The first kappa shape index (κ1) is 14.2. The fourth-order valence-corrected chi connectivity index (χ4v) is 2.82. The molecule has 1 heterocycles. The Hall–Kier alpha value is -1.26. The molecule has 0 radical (unpaired) electrons. The quantitative estimate of drug-likeness (QED) is 0.851. The van der Waals surface area contributed by atoms with Crippen molar-refractivity contribution in [2.75, 3.05) is 20.8 Å². The highest BCUT2D eigenvalue weighted by Crippen LogP contribution is 2.39. The molecule has 0 amide bonds. The van der Waals surface area contributed by atoms with Gasteiger partial charge in [0.15, 0.2) is 11.5 Å². The minimum Gasteiger partial charge on any atom is -0.493 e. The Balaban J connectivity index is 2.62. The number of hydrogen-bond acceptors (Lipinski definition) is 3. The van der Waals surface area contributed by atoms with E-state index in [0.717, 1.165) is 24.3 Å². The van der Waals surface area contributed by atoms with E-state index >= 15 is 0 Å². The van der Waals surface area contributed by atoms with E-state index in [2.05, 4.69) is 12.2 Å². The van der Waals surface area contributed by atoms with E-state index in [-0.39, 0.29) is 5.54 Å². The van der Waals surface area contributed by atoms with Gasteiger partial charge in [0, 0.05) is 12.0 Å². The van der Waals surface area contributed by atoms with Crippen molar-refractivity contribution in [2.45, 2.75) is 38.3 Å². The monoisotopic (exact) mass is 266 g/mol. The molecule has 1 atom stereocenters. The number of fused-ring (bicyclic) bond motifs is 1. The molecule has 1 aromatic rings. The molecule has 0 bridgehead atoms. The van der Waals surface area contributed by atoms with Crippen molar-refractivity contribution >= 4 is 0 Å². The van der Waals surface area contributed by atoms with Gasteiger partial charge < -0.3 is 19.9 Å². The zero-order valence-corrected chi connectivity index (χ0v) is 12.4. The topological polar surface area (TPSA) is 55.3 Å². The van der Waals surface area contributed by atoms with E-state index in [9.17, 15) is 5.11 Å². The number of aliphatic hydroxyl groups is 1. The molecule has 1 aromatic carbocycles. The van der Waals surface area contributed by atoms with Crippen molar-refractivity contribution in [1.82, 2.24) is 0 Å². The molecule has 2 rings (SSSR count). The Labute approximate surface area is 114 Å². The van der Waals surface area contributed by atoms with E-state index < -0.39 is 5.60 Å². The molecule has 4 nitrogen and oxygen atoms in total. The standard InChI is InChI=1S/C15H23NO3/c1-14(2,17)15(3)11-9-13(19-5)12(18-4)8-10(11)6-7-16-15/h8-9,16-17H,6-7H2,1-5H3/p+1/t15-/m0/s1. The van der Waals surface area contributed by atoms with Crippen LogP contribution in [0.25, 0.3) is 0 Å². The number of methoxy groups -OCH3 is 2. The van der Waals surface area contributed by atoms with Crippen molar-refractivity contribution in [1.29, 1.82) is 0 Å². The summed E-state index contributed by atoms with van der Waals surface area (Å²) in [6, 6.07) is 4.03. The van der Waals surface area contributed by atoms with Crippen molar-refractivity contribution in [2.24, 2.45) is 0 Å². The van der Waals surface area contributed by atoms with E-state index in [1.54, 1.807) is 14.2 Å². The van der Waals surface area contributed by atoms with Crippen molar-refractivity contribution in [3.63, 3.8) is 0 Å². The molecule has 4 heteroatoms. The van der Waals surface area contributed by atoms with Gasteiger partial charge in [-0.15, -0.1) is 0 Å². The van der Waals surface area contributed by atoms with Crippen molar-refractivity contribution in [3.05, 3.63) is 23.3 Å². The van der Waals surface area contributed by atoms with Gasteiger partial charge in [-0.05, 0) is 38.5 Å². The van der Waals surface area contributed by atoms with Gasteiger partial charge >= 0.3 is 0 Å². The molecule has 106 valence electrons. The minimum absolute atomic E-state index is 0.375.